The molecule has 1 aromatic heterocycles. The van der Waals surface area contributed by atoms with Gasteiger partial charge in [-0.2, -0.15) is 0 Å². The Labute approximate surface area is 130 Å². The summed E-state index contributed by atoms with van der Waals surface area (Å²) in [5, 5.41) is 2.62. The van der Waals surface area contributed by atoms with Crippen LogP contribution >= 0.6 is 23.2 Å². The topological polar surface area (TPSA) is 51.2 Å². The lowest BCUT2D eigenvalue weighted by Gasteiger charge is -2.11. The molecule has 1 N–H and O–H groups in total. The Bertz CT molecular complexity index is 650. The van der Waals surface area contributed by atoms with Gasteiger partial charge in [-0.3, -0.25) is 4.79 Å². The van der Waals surface area contributed by atoms with Crippen molar-refractivity contribution in [2.75, 3.05) is 5.32 Å². The van der Waals surface area contributed by atoms with Crippen molar-refractivity contribution in [1.29, 1.82) is 0 Å². The number of hydrogen-bond donors (Lipinski definition) is 1. The van der Waals surface area contributed by atoms with Gasteiger partial charge >= 0.3 is 0 Å². The maximum absolute atomic E-state index is 13.5. The van der Waals surface area contributed by atoms with Crippen LogP contribution < -0.4 is 10.1 Å². The molecule has 0 saturated carbocycles. The minimum Gasteiger partial charge on any atom is -0.436 e. The zero-order chi connectivity index (χ0) is 15.4. The molecule has 110 valence electrons. The van der Waals surface area contributed by atoms with E-state index < -0.39 is 17.1 Å². The first kappa shape index (κ1) is 15.5. The van der Waals surface area contributed by atoms with Gasteiger partial charge in [-0.15, -0.1) is 0 Å². The molecule has 0 amide bonds. The number of carbonyl (C=O) groups excluding carboxylic acids is 1. The fourth-order valence-electron chi connectivity index (χ4n) is 1.51. The Balaban J connectivity index is 2.07. The van der Waals surface area contributed by atoms with E-state index in [1.165, 1.54) is 6.20 Å². The van der Waals surface area contributed by atoms with E-state index in [1.807, 2.05) is 0 Å². The molecule has 0 fully saturated rings. The van der Waals surface area contributed by atoms with E-state index in [2.05, 4.69) is 10.3 Å². The largest absolute Gasteiger partial charge is 0.436 e. The quantitative estimate of drug-likeness (QED) is 0.834. The van der Waals surface area contributed by atoms with Crippen LogP contribution in [0.2, 0.25) is 5.02 Å². The number of benzene rings is 1. The van der Waals surface area contributed by atoms with Crippen LogP contribution in [0.5, 0.6) is 11.6 Å². The van der Waals surface area contributed by atoms with E-state index in [0.29, 0.717) is 11.4 Å². The Kier molecular flexibility index (Phi) is 4.98. The fourth-order valence-corrected chi connectivity index (χ4v) is 1.71. The third kappa shape index (κ3) is 4.31. The van der Waals surface area contributed by atoms with Gasteiger partial charge in [0.1, 0.15) is 5.75 Å². The predicted molar refractivity (Wildman–Crippen MR) is 79.7 cm³/mol. The van der Waals surface area contributed by atoms with Crippen LogP contribution in [0.4, 0.5) is 10.1 Å². The highest BCUT2D eigenvalue weighted by Crippen LogP contribution is 2.25. The van der Waals surface area contributed by atoms with Gasteiger partial charge in [0, 0.05) is 11.9 Å². The van der Waals surface area contributed by atoms with Crippen molar-refractivity contribution >= 4 is 34.1 Å². The molecule has 0 saturated heterocycles. The summed E-state index contributed by atoms with van der Waals surface area (Å²) in [7, 11) is 0. The minimum atomic E-state index is -0.647. The molecule has 0 aliphatic rings. The number of nitrogens with zero attached hydrogens (tertiary/aromatic N) is 1. The summed E-state index contributed by atoms with van der Waals surface area (Å²) in [6.07, 6.45) is 1.30. The number of hydrogen-bond acceptors (Lipinski definition) is 4. The van der Waals surface area contributed by atoms with Crippen molar-refractivity contribution in [1.82, 2.24) is 4.98 Å². The summed E-state index contributed by atoms with van der Waals surface area (Å²) < 4.78 is 18.8. The van der Waals surface area contributed by atoms with Gasteiger partial charge < -0.3 is 10.1 Å². The molecule has 0 aliphatic heterocycles. The molecule has 21 heavy (non-hydrogen) atoms. The Morgan fingerprint density at radius 1 is 1.38 bits per heavy atom. The van der Waals surface area contributed by atoms with E-state index in [4.69, 9.17) is 27.9 Å². The highest BCUT2D eigenvalue weighted by atomic mass is 35.5. The van der Waals surface area contributed by atoms with Crippen LogP contribution in [0.15, 0.2) is 36.5 Å². The van der Waals surface area contributed by atoms with Gasteiger partial charge in [0.05, 0.1) is 11.1 Å². The second-order valence-electron chi connectivity index (χ2n) is 4.24. The lowest BCUT2D eigenvalue weighted by Crippen LogP contribution is -2.21. The number of pyridine rings is 1. The SMILES string of the molecule is C[C@@H](Nc1ccc(Oc2ncc(Cl)cc2F)cc1)C(=O)Cl. The molecule has 4 nitrogen and oxygen atoms in total. The van der Waals surface area contributed by atoms with Crippen LogP contribution in [-0.4, -0.2) is 16.3 Å². The van der Waals surface area contributed by atoms with Crippen LogP contribution in [0.1, 0.15) is 6.92 Å². The van der Waals surface area contributed by atoms with Crippen molar-refractivity contribution in [2.24, 2.45) is 0 Å². The lowest BCUT2D eigenvalue weighted by molar-refractivity contribution is -0.112. The summed E-state index contributed by atoms with van der Waals surface area (Å²) in [6, 6.07) is 7.20. The van der Waals surface area contributed by atoms with Gasteiger partial charge in [-0.25, -0.2) is 9.37 Å². The molecule has 0 aliphatic carbocycles. The number of aromatic nitrogens is 1. The third-order valence-corrected chi connectivity index (χ3v) is 3.10. The Morgan fingerprint density at radius 3 is 2.62 bits per heavy atom. The highest BCUT2D eigenvalue weighted by Gasteiger charge is 2.10. The standard InChI is InChI=1S/C14H11Cl2FN2O2/c1-8(13(16)20)19-10-2-4-11(5-3-10)21-14-12(17)6-9(15)7-18-14/h2-8,19H,1H3/t8-/m1/s1. The smallest absolute Gasteiger partial charge is 0.255 e. The first-order chi connectivity index (χ1) is 9.95. The van der Waals surface area contributed by atoms with E-state index >= 15 is 0 Å². The second-order valence-corrected chi connectivity index (χ2v) is 5.05. The van der Waals surface area contributed by atoms with E-state index in [-0.39, 0.29) is 10.9 Å². The number of ether oxygens (including phenoxy) is 1. The number of carbonyl (C=O) groups is 1. The average Bonchev–Trinajstić information content (AvgIpc) is 2.43. The fraction of sp³-hybridized carbons (Fsp3) is 0.143. The Hall–Kier alpha value is -1.85. The van der Waals surface area contributed by atoms with Crippen molar-refractivity contribution in [3.05, 3.63) is 47.4 Å². The summed E-state index contributed by atoms with van der Waals surface area (Å²) in [5.74, 6) is -0.408. The molecular formula is C14H11Cl2FN2O2. The minimum absolute atomic E-state index is 0.163. The summed E-state index contributed by atoms with van der Waals surface area (Å²) in [6.45, 7) is 1.65. The molecule has 1 aromatic carbocycles. The van der Waals surface area contributed by atoms with Crippen LogP contribution in [0.25, 0.3) is 0 Å². The summed E-state index contributed by atoms with van der Waals surface area (Å²) >= 11 is 11.0. The average molecular weight is 329 g/mol. The van der Waals surface area contributed by atoms with Gasteiger partial charge in [0.2, 0.25) is 5.24 Å². The first-order valence-electron chi connectivity index (χ1n) is 6.00. The molecule has 0 unspecified atom stereocenters. The van der Waals surface area contributed by atoms with E-state index in [0.717, 1.165) is 6.07 Å². The zero-order valence-electron chi connectivity index (χ0n) is 10.9. The maximum atomic E-state index is 13.5. The molecule has 2 aromatic rings. The molecule has 0 radical (unpaired) electrons. The maximum Gasteiger partial charge on any atom is 0.255 e. The highest BCUT2D eigenvalue weighted by molar-refractivity contribution is 6.65. The van der Waals surface area contributed by atoms with Gasteiger partial charge in [0.25, 0.3) is 5.88 Å². The van der Waals surface area contributed by atoms with Crippen molar-refractivity contribution in [3.8, 4) is 11.6 Å². The van der Waals surface area contributed by atoms with Crippen LogP contribution in [0, 0.1) is 5.82 Å². The molecule has 1 heterocycles. The number of anilines is 1. The normalized spacial score (nSPS) is 11.8. The Morgan fingerprint density at radius 2 is 2.05 bits per heavy atom. The molecule has 2 rings (SSSR count). The van der Waals surface area contributed by atoms with Crippen molar-refractivity contribution < 1.29 is 13.9 Å². The van der Waals surface area contributed by atoms with Gasteiger partial charge in [-0.1, -0.05) is 11.6 Å². The monoisotopic (exact) mass is 328 g/mol. The molecular weight excluding hydrogens is 318 g/mol. The second kappa shape index (κ2) is 6.74. The number of nitrogens with one attached hydrogen (secondary N) is 1. The third-order valence-electron chi connectivity index (χ3n) is 2.57. The predicted octanol–water partition coefficient (Wildman–Crippen LogP) is 4.23. The summed E-state index contributed by atoms with van der Waals surface area (Å²) in [5.41, 5.74) is 0.688. The number of rotatable bonds is 5. The van der Waals surface area contributed by atoms with E-state index in [9.17, 15) is 9.18 Å². The molecule has 7 heteroatoms. The molecule has 0 bridgehead atoms. The zero-order valence-corrected chi connectivity index (χ0v) is 12.5. The van der Waals surface area contributed by atoms with Gasteiger partial charge in [0.15, 0.2) is 5.82 Å². The van der Waals surface area contributed by atoms with Crippen molar-refractivity contribution in [2.45, 2.75) is 13.0 Å². The van der Waals surface area contributed by atoms with E-state index in [1.54, 1.807) is 31.2 Å². The molecule has 0 spiro atoms. The van der Waals surface area contributed by atoms with Crippen LogP contribution in [-0.2, 0) is 4.79 Å². The van der Waals surface area contributed by atoms with Crippen molar-refractivity contribution in [3.63, 3.8) is 0 Å². The number of halogens is 3. The van der Waals surface area contributed by atoms with Crippen LogP contribution in [0.3, 0.4) is 0 Å². The lowest BCUT2D eigenvalue weighted by atomic mass is 10.2. The van der Waals surface area contributed by atoms with Gasteiger partial charge in [-0.05, 0) is 48.9 Å². The first-order valence-corrected chi connectivity index (χ1v) is 6.76. The molecule has 1 atom stereocenters. The summed E-state index contributed by atoms with van der Waals surface area (Å²) in [4.78, 5) is 14.7.